The summed E-state index contributed by atoms with van der Waals surface area (Å²) in [6, 6.07) is 0.717. The van der Waals surface area contributed by atoms with E-state index in [9.17, 15) is 4.79 Å². The highest BCUT2D eigenvalue weighted by Crippen LogP contribution is 2.17. The van der Waals surface area contributed by atoms with Crippen molar-refractivity contribution in [1.29, 1.82) is 0 Å². The Bertz CT molecular complexity index is 976. The first-order valence-electron chi connectivity index (χ1n) is 17.8. The van der Waals surface area contributed by atoms with Crippen molar-refractivity contribution in [3.05, 3.63) is 94.8 Å². The molecule has 3 nitrogen and oxygen atoms in total. The summed E-state index contributed by atoms with van der Waals surface area (Å²) in [6.07, 6.45) is 24.0. The Kier molecular flexibility index (Phi) is 36.8. The summed E-state index contributed by atoms with van der Waals surface area (Å²) in [4.78, 5) is 13.8. The summed E-state index contributed by atoms with van der Waals surface area (Å²) in [6.45, 7) is 37.7. The van der Waals surface area contributed by atoms with Gasteiger partial charge in [0, 0.05) is 18.2 Å². The standard InChI is InChI=1S/C15H30N2.C13H18O.C8H14.C7H16/c1-6-8-15(9-7-2)17(5)12-14(4)13(3)10-11-16;1-7-10(4)8-11(5)13(9(2)3)12(6)14;1-4-6-7-8(3)5-2;1-4-5-6-7(2)3/h10-11,15H,6-9,12,16H2,1-5H3;7-8H,1-2H2,3-6H3;4,6-7H,5H2,1-3H3;7H,4-6H2,1-3H3/b11-10-,14-13+;10-8+,13-11+;6-4-,8-7+;. The van der Waals surface area contributed by atoms with Crippen molar-refractivity contribution >= 4 is 5.78 Å². The lowest BCUT2D eigenvalue weighted by molar-refractivity contribution is -0.113. The zero-order valence-electron chi connectivity index (χ0n) is 33.4. The topological polar surface area (TPSA) is 46.3 Å². The number of nitrogens with two attached hydrogens (primary N) is 1. The van der Waals surface area contributed by atoms with Crippen molar-refractivity contribution in [2.24, 2.45) is 11.7 Å². The maximum Gasteiger partial charge on any atom is 0.160 e. The van der Waals surface area contributed by atoms with E-state index in [1.54, 1.807) is 19.2 Å². The largest absolute Gasteiger partial charge is 0.405 e. The molecule has 0 aliphatic rings. The molecular formula is C43H78N2O. The van der Waals surface area contributed by atoms with Crippen LogP contribution in [0.2, 0.25) is 0 Å². The van der Waals surface area contributed by atoms with E-state index >= 15 is 0 Å². The lowest BCUT2D eigenvalue weighted by atomic mass is 9.98. The van der Waals surface area contributed by atoms with Crippen LogP contribution in [0.5, 0.6) is 0 Å². The molecule has 0 fully saturated rings. The quantitative estimate of drug-likeness (QED) is 0.127. The number of ketones is 1. The van der Waals surface area contributed by atoms with Crippen molar-refractivity contribution in [2.75, 3.05) is 13.6 Å². The predicted molar refractivity (Wildman–Crippen MR) is 213 cm³/mol. The minimum absolute atomic E-state index is 0.0584. The van der Waals surface area contributed by atoms with E-state index in [-0.39, 0.29) is 5.78 Å². The Hall–Kier alpha value is -2.65. The average molecular weight is 639 g/mol. The number of rotatable bonds is 17. The van der Waals surface area contributed by atoms with E-state index in [1.165, 1.54) is 61.7 Å². The molecule has 0 spiro atoms. The van der Waals surface area contributed by atoms with Gasteiger partial charge in [0.2, 0.25) is 0 Å². The van der Waals surface area contributed by atoms with E-state index in [4.69, 9.17) is 5.73 Å². The fourth-order valence-corrected chi connectivity index (χ4v) is 4.54. The van der Waals surface area contributed by atoms with Gasteiger partial charge >= 0.3 is 0 Å². The van der Waals surface area contributed by atoms with Crippen LogP contribution in [0.1, 0.15) is 148 Å². The summed E-state index contributed by atoms with van der Waals surface area (Å²) < 4.78 is 0. The second-order valence-corrected chi connectivity index (χ2v) is 12.9. The number of Topliss-reactive ketones (excluding diaryl/α,β-unsaturated/α-hetero) is 1. The monoisotopic (exact) mass is 639 g/mol. The number of likely N-dealkylation sites (N-methyl/N-ethyl adjacent to an activating group) is 1. The molecule has 0 amide bonds. The second kappa shape index (κ2) is 33.7. The summed E-state index contributed by atoms with van der Waals surface area (Å²) in [7, 11) is 2.24. The van der Waals surface area contributed by atoms with E-state index in [2.05, 4.69) is 99.6 Å². The number of allylic oxidation sites excluding steroid dienone is 12. The van der Waals surface area contributed by atoms with E-state index in [0.29, 0.717) is 5.57 Å². The normalized spacial score (nSPS) is 13.0. The molecule has 0 rings (SSSR count). The first-order chi connectivity index (χ1) is 21.5. The Morgan fingerprint density at radius 2 is 1.41 bits per heavy atom. The van der Waals surface area contributed by atoms with Gasteiger partial charge in [-0.15, -0.1) is 0 Å². The predicted octanol–water partition coefficient (Wildman–Crippen LogP) is 13.0. The van der Waals surface area contributed by atoms with Crippen LogP contribution in [-0.4, -0.2) is 30.3 Å². The Morgan fingerprint density at radius 1 is 0.870 bits per heavy atom. The lowest BCUT2D eigenvalue weighted by Crippen LogP contribution is -2.33. The van der Waals surface area contributed by atoms with Gasteiger partial charge in [0.05, 0.1) is 0 Å². The smallest absolute Gasteiger partial charge is 0.160 e. The fourth-order valence-electron chi connectivity index (χ4n) is 4.54. The zero-order valence-corrected chi connectivity index (χ0v) is 33.4. The van der Waals surface area contributed by atoms with Gasteiger partial charge in [-0.25, -0.2) is 0 Å². The molecule has 0 aliphatic carbocycles. The van der Waals surface area contributed by atoms with Crippen LogP contribution in [0, 0.1) is 5.92 Å². The van der Waals surface area contributed by atoms with Crippen molar-refractivity contribution < 1.29 is 4.79 Å². The Morgan fingerprint density at radius 3 is 1.74 bits per heavy atom. The van der Waals surface area contributed by atoms with Gasteiger partial charge in [-0.3, -0.25) is 9.69 Å². The fraction of sp³-hybridized carbons (Fsp3) is 0.605. The van der Waals surface area contributed by atoms with Crippen molar-refractivity contribution in [3.8, 4) is 0 Å². The molecule has 2 N–H and O–H groups in total. The van der Waals surface area contributed by atoms with Gasteiger partial charge in [-0.2, -0.15) is 0 Å². The molecule has 0 unspecified atom stereocenters. The van der Waals surface area contributed by atoms with Crippen LogP contribution in [0.4, 0.5) is 0 Å². The number of hydrogen-bond acceptors (Lipinski definition) is 3. The maximum absolute atomic E-state index is 11.3. The zero-order chi connectivity index (χ0) is 36.7. The van der Waals surface area contributed by atoms with Crippen molar-refractivity contribution in [3.63, 3.8) is 0 Å². The highest BCUT2D eigenvalue weighted by molar-refractivity contribution is 5.98. The van der Waals surface area contributed by atoms with Gasteiger partial charge in [0.1, 0.15) is 0 Å². The molecule has 0 aromatic rings. The first kappa shape index (κ1) is 50.2. The van der Waals surface area contributed by atoms with Gasteiger partial charge < -0.3 is 5.73 Å². The molecule has 266 valence electrons. The van der Waals surface area contributed by atoms with Crippen molar-refractivity contribution in [2.45, 2.75) is 154 Å². The molecule has 46 heavy (non-hydrogen) atoms. The van der Waals surface area contributed by atoms with Crippen LogP contribution < -0.4 is 5.73 Å². The minimum atomic E-state index is 0.0584. The summed E-state index contributed by atoms with van der Waals surface area (Å²) >= 11 is 0. The molecule has 0 saturated heterocycles. The second-order valence-electron chi connectivity index (χ2n) is 12.9. The SMILES string of the molecule is C/C=C\C=C(/C)CC.C=C/C(C)=C/C(C)=C(\C(=C)C)C(C)=O.CCCC(CCC)N(C)C/C(C)=C(C)/C=C\N.CCCCC(C)C. The Labute approximate surface area is 289 Å². The number of carbonyl (C=O) groups excluding carboxylic acids is 1. The van der Waals surface area contributed by atoms with Crippen molar-refractivity contribution in [1.82, 2.24) is 4.90 Å². The maximum atomic E-state index is 11.3. The highest BCUT2D eigenvalue weighted by Gasteiger charge is 2.13. The molecule has 3 heteroatoms. The number of nitrogens with zero attached hydrogens (tertiary/aromatic N) is 1. The van der Waals surface area contributed by atoms with Crippen LogP contribution in [0.15, 0.2) is 94.8 Å². The minimum Gasteiger partial charge on any atom is -0.405 e. The third kappa shape index (κ3) is 31.3. The highest BCUT2D eigenvalue weighted by atomic mass is 16.1. The summed E-state index contributed by atoms with van der Waals surface area (Å²) in [5.41, 5.74) is 13.1. The third-order valence-electron chi connectivity index (χ3n) is 7.58. The summed E-state index contributed by atoms with van der Waals surface area (Å²) in [5.74, 6) is 0.961. The van der Waals surface area contributed by atoms with Crippen LogP contribution in [-0.2, 0) is 4.79 Å². The molecule has 0 aromatic carbocycles. The lowest BCUT2D eigenvalue weighted by Gasteiger charge is -2.28. The molecule has 0 aromatic heterocycles. The van der Waals surface area contributed by atoms with Gasteiger partial charge in [0.25, 0.3) is 0 Å². The van der Waals surface area contributed by atoms with Gasteiger partial charge in [-0.1, -0.05) is 134 Å². The average Bonchev–Trinajstić information content (AvgIpc) is 2.99. The molecule has 0 radical (unpaired) electrons. The van der Waals surface area contributed by atoms with E-state index < -0.39 is 0 Å². The number of hydrogen-bond donors (Lipinski definition) is 1. The van der Waals surface area contributed by atoms with Crippen LogP contribution in [0.3, 0.4) is 0 Å². The molecule has 0 heterocycles. The third-order valence-corrected chi connectivity index (χ3v) is 7.58. The molecule has 0 bridgehead atoms. The van der Waals surface area contributed by atoms with E-state index in [1.807, 2.05) is 45.9 Å². The molecular weight excluding hydrogens is 560 g/mol. The van der Waals surface area contributed by atoms with Gasteiger partial charge in [0.15, 0.2) is 5.78 Å². The van der Waals surface area contributed by atoms with E-state index in [0.717, 1.165) is 41.6 Å². The molecule has 0 saturated carbocycles. The molecule has 0 atom stereocenters. The molecule has 0 aliphatic heterocycles. The Balaban J connectivity index is -0.000000272. The van der Waals surface area contributed by atoms with Crippen LogP contribution in [0.25, 0.3) is 0 Å². The number of unbranched alkanes of at least 4 members (excludes halogenated alkanes) is 1. The summed E-state index contributed by atoms with van der Waals surface area (Å²) in [5, 5.41) is 0. The number of carbonyl (C=O) groups is 1. The first-order valence-corrected chi connectivity index (χ1v) is 17.8. The van der Waals surface area contributed by atoms with Gasteiger partial charge in [-0.05, 0) is 117 Å². The van der Waals surface area contributed by atoms with Crippen LogP contribution >= 0.6 is 0 Å².